The van der Waals surface area contributed by atoms with Gasteiger partial charge in [-0.05, 0) is 31.7 Å². The predicted molar refractivity (Wildman–Crippen MR) is 86.2 cm³/mol. The second-order valence-electron chi connectivity index (χ2n) is 5.14. The lowest BCUT2D eigenvalue weighted by atomic mass is 10.1. The molecule has 0 aliphatic carbocycles. The summed E-state index contributed by atoms with van der Waals surface area (Å²) in [5.74, 6) is 0.839. The fraction of sp³-hybridized carbons (Fsp3) is 0.353. The number of pyridine rings is 1. The average Bonchev–Trinajstić information content (AvgIpc) is 2.48. The maximum atomic E-state index is 5.80. The summed E-state index contributed by atoms with van der Waals surface area (Å²) >= 11 is 0. The van der Waals surface area contributed by atoms with Crippen molar-refractivity contribution in [3.05, 3.63) is 53.3 Å². The molecule has 2 N–H and O–H groups in total. The Morgan fingerprint density at radius 3 is 2.67 bits per heavy atom. The summed E-state index contributed by atoms with van der Waals surface area (Å²) in [4.78, 5) is 6.90. The van der Waals surface area contributed by atoms with Gasteiger partial charge in [-0.1, -0.05) is 19.1 Å². The summed E-state index contributed by atoms with van der Waals surface area (Å²) in [6, 6.07) is 11.9. The van der Waals surface area contributed by atoms with Crippen LogP contribution in [0.2, 0.25) is 0 Å². The Hall–Kier alpha value is -2.07. The molecule has 112 valence electrons. The molecule has 0 aliphatic rings. The maximum absolute atomic E-state index is 5.80. The summed E-state index contributed by atoms with van der Waals surface area (Å²) in [5.41, 5.74) is 9.80. The van der Waals surface area contributed by atoms with Gasteiger partial charge in [0.25, 0.3) is 0 Å². The molecule has 0 unspecified atom stereocenters. The van der Waals surface area contributed by atoms with Crippen molar-refractivity contribution in [3.8, 4) is 5.75 Å². The molecule has 4 heteroatoms. The molecule has 0 atom stereocenters. The van der Waals surface area contributed by atoms with Crippen molar-refractivity contribution in [2.75, 3.05) is 19.4 Å². The van der Waals surface area contributed by atoms with E-state index in [1.54, 1.807) is 7.11 Å². The number of methoxy groups -OCH3 is 1. The molecular weight excluding hydrogens is 262 g/mol. The number of hydrogen-bond donors (Lipinski definition) is 1. The molecule has 0 fully saturated rings. The lowest BCUT2D eigenvalue weighted by Gasteiger charge is -2.21. The van der Waals surface area contributed by atoms with Gasteiger partial charge in [0.05, 0.1) is 12.8 Å². The monoisotopic (exact) mass is 285 g/mol. The summed E-state index contributed by atoms with van der Waals surface area (Å²) in [7, 11) is 1.68. The molecule has 0 saturated carbocycles. The molecule has 1 heterocycles. The number of nitrogens with zero attached hydrogens (tertiary/aromatic N) is 2. The molecule has 1 aromatic heterocycles. The van der Waals surface area contributed by atoms with E-state index in [0.717, 1.165) is 48.0 Å². The summed E-state index contributed by atoms with van der Waals surface area (Å²) in [5, 5.41) is 0. The van der Waals surface area contributed by atoms with Crippen LogP contribution in [0.15, 0.2) is 36.4 Å². The first-order valence-electron chi connectivity index (χ1n) is 7.19. The van der Waals surface area contributed by atoms with Crippen molar-refractivity contribution in [1.29, 1.82) is 0 Å². The number of nitrogens with two attached hydrogens (primary N) is 1. The Morgan fingerprint density at radius 1 is 1.19 bits per heavy atom. The van der Waals surface area contributed by atoms with E-state index in [0.29, 0.717) is 0 Å². The summed E-state index contributed by atoms with van der Waals surface area (Å²) in [6.45, 7) is 6.76. The number of rotatable bonds is 6. The third-order valence-electron chi connectivity index (χ3n) is 3.48. The van der Waals surface area contributed by atoms with Crippen molar-refractivity contribution in [1.82, 2.24) is 9.88 Å². The Kier molecular flexibility index (Phi) is 5.17. The van der Waals surface area contributed by atoms with Gasteiger partial charge in [0.2, 0.25) is 0 Å². The van der Waals surface area contributed by atoms with Gasteiger partial charge in [-0.15, -0.1) is 0 Å². The Balaban J connectivity index is 2.12. The topological polar surface area (TPSA) is 51.4 Å². The van der Waals surface area contributed by atoms with Crippen molar-refractivity contribution >= 4 is 5.69 Å². The van der Waals surface area contributed by atoms with Gasteiger partial charge in [-0.2, -0.15) is 0 Å². The van der Waals surface area contributed by atoms with E-state index >= 15 is 0 Å². The van der Waals surface area contributed by atoms with Crippen LogP contribution in [0, 0.1) is 6.92 Å². The number of anilines is 1. The zero-order chi connectivity index (χ0) is 15.2. The van der Waals surface area contributed by atoms with Gasteiger partial charge in [-0.25, -0.2) is 0 Å². The van der Waals surface area contributed by atoms with E-state index in [-0.39, 0.29) is 0 Å². The van der Waals surface area contributed by atoms with Gasteiger partial charge >= 0.3 is 0 Å². The van der Waals surface area contributed by atoms with Crippen LogP contribution in [-0.4, -0.2) is 23.5 Å². The van der Waals surface area contributed by atoms with Gasteiger partial charge in [-0.3, -0.25) is 9.88 Å². The highest BCUT2D eigenvalue weighted by Gasteiger charge is 2.10. The molecule has 0 saturated heterocycles. The minimum absolute atomic E-state index is 0.721. The molecule has 4 nitrogen and oxygen atoms in total. The molecule has 2 rings (SSSR count). The largest absolute Gasteiger partial charge is 0.496 e. The number of aryl methyl sites for hydroxylation is 1. The first-order valence-corrected chi connectivity index (χ1v) is 7.19. The quantitative estimate of drug-likeness (QED) is 0.829. The van der Waals surface area contributed by atoms with E-state index in [2.05, 4.69) is 28.9 Å². The first kappa shape index (κ1) is 15.3. The highest BCUT2D eigenvalue weighted by molar-refractivity contribution is 5.48. The second kappa shape index (κ2) is 7.09. The van der Waals surface area contributed by atoms with Crippen LogP contribution in [0.4, 0.5) is 5.69 Å². The fourth-order valence-electron chi connectivity index (χ4n) is 2.33. The predicted octanol–water partition coefficient (Wildman–Crippen LogP) is 3.00. The standard InChI is InChI=1S/C17H23N3O/c1-4-20(12-16-7-5-6-13(2)19-16)11-14-8-9-15(18)10-17(14)21-3/h5-10H,4,11-12,18H2,1-3H3. The third-order valence-corrected chi connectivity index (χ3v) is 3.48. The van der Waals surface area contributed by atoms with Gasteiger partial charge in [0.15, 0.2) is 0 Å². The Bertz CT molecular complexity index is 598. The third kappa shape index (κ3) is 4.20. The van der Waals surface area contributed by atoms with Crippen molar-refractivity contribution < 1.29 is 4.74 Å². The number of ether oxygens (including phenoxy) is 1. The molecule has 0 radical (unpaired) electrons. The maximum Gasteiger partial charge on any atom is 0.125 e. The molecule has 0 bridgehead atoms. The highest BCUT2D eigenvalue weighted by atomic mass is 16.5. The number of benzene rings is 1. The summed E-state index contributed by atoms with van der Waals surface area (Å²) in [6.07, 6.45) is 0. The van der Waals surface area contributed by atoms with Crippen LogP contribution in [-0.2, 0) is 13.1 Å². The Labute approximate surface area is 126 Å². The van der Waals surface area contributed by atoms with E-state index < -0.39 is 0 Å². The van der Waals surface area contributed by atoms with Gasteiger partial charge in [0.1, 0.15) is 5.75 Å². The lowest BCUT2D eigenvalue weighted by Crippen LogP contribution is -2.23. The van der Waals surface area contributed by atoms with E-state index in [9.17, 15) is 0 Å². The normalized spacial score (nSPS) is 10.9. The molecule has 0 aliphatic heterocycles. The van der Waals surface area contributed by atoms with Crippen LogP contribution in [0.3, 0.4) is 0 Å². The fourth-order valence-corrected chi connectivity index (χ4v) is 2.33. The van der Waals surface area contributed by atoms with Crippen molar-refractivity contribution in [3.63, 3.8) is 0 Å². The zero-order valence-corrected chi connectivity index (χ0v) is 13.0. The Morgan fingerprint density at radius 2 is 2.00 bits per heavy atom. The second-order valence-corrected chi connectivity index (χ2v) is 5.14. The average molecular weight is 285 g/mol. The number of aromatic nitrogens is 1. The van der Waals surface area contributed by atoms with Crippen LogP contribution < -0.4 is 10.5 Å². The zero-order valence-electron chi connectivity index (χ0n) is 13.0. The number of hydrogen-bond acceptors (Lipinski definition) is 4. The minimum atomic E-state index is 0.721. The minimum Gasteiger partial charge on any atom is -0.496 e. The molecular formula is C17H23N3O. The van der Waals surface area contributed by atoms with Crippen LogP contribution in [0.5, 0.6) is 5.75 Å². The smallest absolute Gasteiger partial charge is 0.125 e. The van der Waals surface area contributed by atoms with Gasteiger partial charge in [0, 0.05) is 36.1 Å². The molecule has 0 spiro atoms. The lowest BCUT2D eigenvalue weighted by molar-refractivity contribution is 0.263. The van der Waals surface area contributed by atoms with E-state index in [1.165, 1.54) is 0 Å². The summed E-state index contributed by atoms with van der Waals surface area (Å²) < 4.78 is 5.42. The van der Waals surface area contributed by atoms with Crippen molar-refractivity contribution in [2.45, 2.75) is 26.9 Å². The van der Waals surface area contributed by atoms with Gasteiger partial charge < -0.3 is 10.5 Å². The highest BCUT2D eigenvalue weighted by Crippen LogP contribution is 2.23. The van der Waals surface area contributed by atoms with E-state index in [4.69, 9.17) is 10.5 Å². The van der Waals surface area contributed by atoms with Crippen LogP contribution in [0.25, 0.3) is 0 Å². The molecule has 2 aromatic rings. The van der Waals surface area contributed by atoms with Crippen molar-refractivity contribution in [2.24, 2.45) is 0 Å². The molecule has 0 amide bonds. The number of nitrogen functional groups attached to an aromatic ring is 1. The molecule has 21 heavy (non-hydrogen) atoms. The first-order chi connectivity index (χ1) is 10.1. The van der Waals surface area contributed by atoms with Crippen LogP contribution in [0.1, 0.15) is 23.9 Å². The molecule has 1 aromatic carbocycles. The van der Waals surface area contributed by atoms with E-state index in [1.807, 2.05) is 31.2 Å². The van der Waals surface area contributed by atoms with Crippen LogP contribution >= 0.6 is 0 Å². The SMILES string of the molecule is CCN(Cc1cccc(C)n1)Cc1ccc(N)cc1OC.